The SMILES string of the molecule is COc1cccc(CCNC(=O)C2(C(=O)NC3CCCCCC3)CC2)c1. The lowest BCUT2D eigenvalue weighted by molar-refractivity contribution is -0.137. The summed E-state index contributed by atoms with van der Waals surface area (Å²) in [6.45, 7) is 0.532. The molecule has 0 spiro atoms. The van der Waals surface area contributed by atoms with Crippen molar-refractivity contribution in [3.63, 3.8) is 0 Å². The lowest BCUT2D eigenvalue weighted by Gasteiger charge is -2.21. The van der Waals surface area contributed by atoms with Crippen LogP contribution in [0, 0.1) is 5.41 Å². The maximum absolute atomic E-state index is 12.7. The summed E-state index contributed by atoms with van der Waals surface area (Å²) < 4.78 is 5.22. The predicted molar refractivity (Wildman–Crippen MR) is 101 cm³/mol. The zero-order valence-electron chi connectivity index (χ0n) is 15.7. The summed E-state index contributed by atoms with van der Waals surface area (Å²) in [4.78, 5) is 25.3. The van der Waals surface area contributed by atoms with E-state index in [2.05, 4.69) is 10.6 Å². The maximum atomic E-state index is 12.7. The van der Waals surface area contributed by atoms with Gasteiger partial charge in [0, 0.05) is 12.6 Å². The van der Waals surface area contributed by atoms with Crippen molar-refractivity contribution in [3.8, 4) is 5.75 Å². The number of carbonyl (C=O) groups is 2. The van der Waals surface area contributed by atoms with Crippen LogP contribution < -0.4 is 15.4 Å². The van der Waals surface area contributed by atoms with E-state index in [4.69, 9.17) is 4.74 Å². The zero-order chi connectivity index (χ0) is 18.4. The first kappa shape index (κ1) is 18.7. The highest BCUT2D eigenvalue weighted by Gasteiger charge is 2.56. The van der Waals surface area contributed by atoms with Crippen molar-refractivity contribution in [2.24, 2.45) is 5.41 Å². The quantitative estimate of drug-likeness (QED) is 0.582. The van der Waals surface area contributed by atoms with Gasteiger partial charge in [-0.3, -0.25) is 9.59 Å². The Bertz CT molecular complexity index is 632. The van der Waals surface area contributed by atoms with E-state index in [0.29, 0.717) is 19.4 Å². The Morgan fingerprint density at radius 3 is 2.50 bits per heavy atom. The molecule has 0 heterocycles. The van der Waals surface area contributed by atoms with E-state index >= 15 is 0 Å². The number of amides is 2. The molecule has 0 saturated heterocycles. The number of ether oxygens (including phenoxy) is 1. The van der Waals surface area contributed by atoms with E-state index in [1.807, 2.05) is 24.3 Å². The Morgan fingerprint density at radius 2 is 1.85 bits per heavy atom. The van der Waals surface area contributed by atoms with E-state index < -0.39 is 5.41 Å². The first-order chi connectivity index (χ1) is 12.6. The zero-order valence-corrected chi connectivity index (χ0v) is 15.7. The summed E-state index contributed by atoms with van der Waals surface area (Å²) in [5.74, 6) is 0.630. The predicted octanol–water partition coefficient (Wildman–Crippen LogP) is 2.97. The van der Waals surface area contributed by atoms with E-state index in [0.717, 1.165) is 30.6 Å². The minimum absolute atomic E-state index is 0.0664. The molecule has 2 fully saturated rings. The molecule has 2 aliphatic rings. The minimum atomic E-state index is -0.819. The highest BCUT2D eigenvalue weighted by atomic mass is 16.5. The third kappa shape index (κ3) is 4.57. The molecule has 0 aliphatic heterocycles. The summed E-state index contributed by atoms with van der Waals surface area (Å²) in [6, 6.07) is 8.07. The van der Waals surface area contributed by atoms with Crippen LogP contribution in [0.15, 0.2) is 24.3 Å². The molecule has 1 aromatic carbocycles. The van der Waals surface area contributed by atoms with Gasteiger partial charge in [-0.05, 0) is 49.8 Å². The lowest BCUT2D eigenvalue weighted by Crippen LogP contribution is -2.46. The number of methoxy groups -OCH3 is 1. The van der Waals surface area contributed by atoms with Crippen molar-refractivity contribution in [2.45, 2.75) is 63.8 Å². The molecule has 0 bridgehead atoms. The van der Waals surface area contributed by atoms with Gasteiger partial charge >= 0.3 is 0 Å². The lowest BCUT2D eigenvalue weighted by atomic mass is 10.0. The van der Waals surface area contributed by atoms with Crippen LogP contribution in [0.25, 0.3) is 0 Å². The van der Waals surface area contributed by atoms with Gasteiger partial charge in [-0.2, -0.15) is 0 Å². The molecule has 2 saturated carbocycles. The monoisotopic (exact) mass is 358 g/mol. The second-order valence-electron chi connectivity index (χ2n) is 7.60. The van der Waals surface area contributed by atoms with Gasteiger partial charge in [-0.1, -0.05) is 37.8 Å². The number of nitrogens with one attached hydrogen (secondary N) is 2. The van der Waals surface area contributed by atoms with Gasteiger partial charge in [0.05, 0.1) is 7.11 Å². The summed E-state index contributed by atoms with van der Waals surface area (Å²) in [7, 11) is 1.64. The normalized spacial score (nSPS) is 19.3. The molecule has 2 N–H and O–H groups in total. The third-order valence-electron chi connectivity index (χ3n) is 5.64. The van der Waals surface area contributed by atoms with Crippen molar-refractivity contribution in [3.05, 3.63) is 29.8 Å². The van der Waals surface area contributed by atoms with Crippen LogP contribution in [0.3, 0.4) is 0 Å². The number of rotatable bonds is 7. The third-order valence-corrected chi connectivity index (χ3v) is 5.64. The van der Waals surface area contributed by atoms with Crippen molar-refractivity contribution in [2.75, 3.05) is 13.7 Å². The fourth-order valence-corrected chi connectivity index (χ4v) is 3.75. The molecule has 1 aromatic rings. The highest BCUT2D eigenvalue weighted by Crippen LogP contribution is 2.46. The molecule has 2 aliphatic carbocycles. The number of carbonyl (C=O) groups excluding carboxylic acids is 2. The van der Waals surface area contributed by atoms with E-state index in [1.54, 1.807) is 7.11 Å². The Balaban J connectivity index is 1.47. The summed E-state index contributed by atoms with van der Waals surface area (Å²) in [5.41, 5.74) is 0.290. The number of benzene rings is 1. The van der Waals surface area contributed by atoms with Gasteiger partial charge in [-0.15, -0.1) is 0 Å². The fourth-order valence-electron chi connectivity index (χ4n) is 3.75. The van der Waals surface area contributed by atoms with Gasteiger partial charge in [0.1, 0.15) is 11.2 Å². The number of hydrogen-bond donors (Lipinski definition) is 2. The standard InChI is InChI=1S/C21H30N2O3/c1-26-18-10-6-7-16(15-18)11-14-22-19(24)21(12-13-21)20(25)23-17-8-4-2-3-5-9-17/h6-7,10,15,17H,2-5,8-9,11-14H2,1H3,(H,22,24)(H,23,25). The highest BCUT2D eigenvalue weighted by molar-refractivity contribution is 6.07. The first-order valence-corrected chi connectivity index (χ1v) is 9.86. The van der Waals surface area contributed by atoms with Crippen LogP contribution in [0.5, 0.6) is 5.75 Å². The van der Waals surface area contributed by atoms with Gasteiger partial charge < -0.3 is 15.4 Å². The molecular weight excluding hydrogens is 328 g/mol. The Kier molecular flexibility index (Phi) is 6.17. The Hall–Kier alpha value is -2.04. The van der Waals surface area contributed by atoms with Gasteiger partial charge in [0.15, 0.2) is 0 Å². The van der Waals surface area contributed by atoms with Gasteiger partial charge in [0.2, 0.25) is 11.8 Å². The Morgan fingerprint density at radius 1 is 1.12 bits per heavy atom. The summed E-state index contributed by atoms with van der Waals surface area (Å²) >= 11 is 0. The second-order valence-corrected chi connectivity index (χ2v) is 7.60. The molecule has 5 heteroatoms. The second kappa shape index (κ2) is 8.56. The van der Waals surface area contributed by atoms with Crippen LogP contribution in [0.4, 0.5) is 0 Å². The summed E-state index contributed by atoms with van der Waals surface area (Å²) in [6.07, 6.45) is 8.98. The molecule has 3 rings (SSSR count). The molecule has 26 heavy (non-hydrogen) atoms. The van der Waals surface area contributed by atoms with E-state index in [9.17, 15) is 9.59 Å². The topological polar surface area (TPSA) is 67.4 Å². The average Bonchev–Trinajstić information content (AvgIpc) is 3.47. The maximum Gasteiger partial charge on any atom is 0.235 e. The first-order valence-electron chi connectivity index (χ1n) is 9.86. The average molecular weight is 358 g/mol. The van der Waals surface area contributed by atoms with Crippen molar-refractivity contribution in [1.29, 1.82) is 0 Å². The van der Waals surface area contributed by atoms with Crippen LogP contribution in [0.1, 0.15) is 56.9 Å². The van der Waals surface area contributed by atoms with E-state index in [-0.39, 0.29) is 17.9 Å². The van der Waals surface area contributed by atoms with Gasteiger partial charge in [-0.25, -0.2) is 0 Å². The van der Waals surface area contributed by atoms with Crippen molar-refractivity contribution < 1.29 is 14.3 Å². The van der Waals surface area contributed by atoms with Crippen LogP contribution in [-0.4, -0.2) is 31.5 Å². The molecule has 0 unspecified atom stereocenters. The van der Waals surface area contributed by atoms with Crippen LogP contribution in [0.2, 0.25) is 0 Å². The molecule has 142 valence electrons. The summed E-state index contributed by atoms with van der Waals surface area (Å²) in [5, 5.41) is 6.11. The number of hydrogen-bond acceptors (Lipinski definition) is 3. The van der Waals surface area contributed by atoms with Crippen LogP contribution in [-0.2, 0) is 16.0 Å². The molecule has 0 atom stereocenters. The van der Waals surface area contributed by atoms with E-state index in [1.165, 1.54) is 25.7 Å². The molecular formula is C21H30N2O3. The smallest absolute Gasteiger partial charge is 0.235 e. The minimum Gasteiger partial charge on any atom is -0.497 e. The molecule has 0 aromatic heterocycles. The molecule has 0 radical (unpaired) electrons. The van der Waals surface area contributed by atoms with Crippen LogP contribution >= 0.6 is 0 Å². The van der Waals surface area contributed by atoms with Gasteiger partial charge in [0.25, 0.3) is 0 Å². The molecule has 2 amide bonds. The van der Waals surface area contributed by atoms with Crippen molar-refractivity contribution in [1.82, 2.24) is 10.6 Å². The largest absolute Gasteiger partial charge is 0.497 e. The fraction of sp³-hybridized carbons (Fsp3) is 0.619. The van der Waals surface area contributed by atoms with Crippen molar-refractivity contribution >= 4 is 11.8 Å². The Labute approximate surface area is 155 Å². The molecule has 5 nitrogen and oxygen atoms in total.